The number of anilines is 2. The first kappa shape index (κ1) is 21.2. The third-order valence-electron chi connectivity index (χ3n) is 4.50. The van der Waals surface area contributed by atoms with Crippen LogP contribution in [0, 0.1) is 5.92 Å². The predicted molar refractivity (Wildman–Crippen MR) is 106 cm³/mol. The largest absolute Gasteiger partial charge is 0.494 e. The second kappa shape index (κ2) is 8.44. The van der Waals surface area contributed by atoms with E-state index in [2.05, 4.69) is 21.2 Å². The molecule has 1 aliphatic rings. The number of rotatable bonds is 5. The highest BCUT2D eigenvalue weighted by Gasteiger charge is 2.38. The molecule has 0 spiro atoms. The molecule has 1 atom stereocenters. The number of hydrogen-bond donors (Lipinski definition) is 1. The van der Waals surface area contributed by atoms with Gasteiger partial charge in [-0.2, -0.15) is 13.2 Å². The van der Waals surface area contributed by atoms with E-state index in [1.807, 2.05) is 6.92 Å². The Morgan fingerprint density at radius 2 is 1.93 bits per heavy atom. The summed E-state index contributed by atoms with van der Waals surface area (Å²) in [7, 11) is 0. The number of nitrogens with one attached hydrogen (secondary N) is 1. The van der Waals surface area contributed by atoms with Crippen LogP contribution in [0.5, 0.6) is 5.75 Å². The van der Waals surface area contributed by atoms with Crippen LogP contribution in [0.1, 0.15) is 18.9 Å². The van der Waals surface area contributed by atoms with Gasteiger partial charge in [0.15, 0.2) is 0 Å². The van der Waals surface area contributed by atoms with Crippen molar-refractivity contribution < 1.29 is 27.5 Å². The number of amides is 2. The Bertz CT molecular complexity index is 916. The highest BCUT2D eigenvalue weighted by molar-refractivity contribution is 9.10. The van der Waals surface area contributed by atoms with E-state index in [1.165, 1.54) is 17.0 Å². The van der Waals surface area contributed by atoms with Gasteiger partial charge in [-0.1, -0.05) is 15.9 Å². The van der Waals surface area contributed by atoms with Gasteiger partial charge in [0, 0.05) is 23.1 Å². The minimum Gasteiger partial charge on any atom is -0.494 e. The first-order valence-electron chi connectivity index (χ1n) is 8.90. The van der Waals surface area contributed by atoms with Crippen LogP contribution in [0.4, 0.5) is 24.5 Å². The number of carbonyl (C=O) groups excluding carboxylic acids is 2. The third-order valence-corrected chi connectivity index (χ3v) is 4.99. The standard InChI is InChI=1S/C20H18BrF3N2O3/c1-2-29-15-6-4-14(5-7-15)26-11-12(9-18(26)27)19(28)25-17-8-3-13(21)10-16(17)20(22,23)24/h3-8,10,12H,2,9,11H2,1H3,(H,25,28)/t12-/m0/s1. The molecule has 0 unspecified atom stereocenters. The molecule has 2 aromatic rings. The van der Waals surface area contributed by atoms with E-state index < -0.39 is 23.6 Å². The first-order valence-corrected chi connectivity index (χ1v) is 9.69. The summed E-state index contributed by atoms with van der Waals surface area (Å²) >= 11 is 3.00. The van der Waals surface area contributed by atoms with Crippen LogP contribution < -0.4 is 15.0 Å². The highest BCUT2D eigenvalue weighted by atomic mass is 79.9. The predicted octanol–water partition coefficient (Wildman–Crippen LogP) is 4.86. The number of ether oxygens (including phenoxy) is 1. The second-order valence-electron chi connectivity index (χ2n) is 6.51. The minimum atomic E-state index is -4.62. The molecule has 1 heterocycles. The van der Waals surface area contributed by atoms with Crippen LogP contribution in [0.15, 0.2) is 46.9 Å². The van der Waals surface area contributed by atoms with Crippen LogP contribution in [0.25, 0.3) is 0 Å². The maximum absolute atomic E-state index is 13.2. The smallest absolute Gasteiger partial charge is 0.418 e. The number of alkyl halides is 3. The summed E-state index contributed by atoms with van der Waals surface area (Å²) in [5, 5.41) is 2.33. The Balaban J connectivity index is 1.73. The summed E-state index contributed by atoms with van der Waals surface area (Å²) < 4.78 is 45.3. The number of carbonyl (C=O) groups is 2. The lowest BCUT2D eigenvalue weighted by Crippen LogP contribution is -2.28. The molecule has 1 N–H and O–H groups in total. The average molecular weight is 471 g/mol. The van der Waals surface area contributed by atoms with E-state index in [0.717, 1.165) is 6.07 Å². The molecule has 0 radical (unpaired) electrons. The molecule has 3 rings (SSSR count). The van der Waals surface area contributed by atoms with Crippen molar-refractivity contribution in [2.24, 2.45) is 5.92 Å². The lowest BCUT2D eigenvalue weighted by Gasteiger charge is -2.18. The minimum absolute atomic E-state index is 0.0725. The summed E-state index contributed by atoms with van der Waals surface area (Å²) in [6.07, 6.45) is -4.69. The lowest BCUT2D eigenvalue weighted by atomic mass is 10.1. The van der Waals surface area contributed by atoms with Gasteiger partial charge >= 0.3 is 6.18 Å². The molecule has 1 saturated heterocycles. The van der Waals surface area contributed by atoms with Crippen molar-refractivity contribution in [1.29, 1.82) is 0 Å². The van der Waals surface area contributed by atoms with Crippen LogP contribution >= 0.6 is 15.9 Å². The Hall–Kier alpha value is -2.55. The SMILES string of the molecule is CCOc1ccc(N2C[C@@H](C(=O)Nc3ccc(Br)cc3C(F)(F)F)CC2=O)cc1. The molecule has 154 valence electrons. The van der Waals surface area contributed by atoms with Gasteiger partial charge in [0.05, 0.1) is 23.8 Å². The molecular formula is C20H18BrF3N2O3. The molecule has 0 aromatic heterocycles. The molecule has 0 saturated carbocycles. The molecular weight excluding hydrogens is 453 g/mol. The Morgan fingerprint density at radius 1 is 1.24 bits per heavy atom. The molecule has 0 aliphatic carbocycles. The number of benzene rings is 2. The summed E-state index contributed by atoms with van der Waals surface area (Å²) in [6.45, 7) is 2.47. The Labute approximate surface area is 174 Å². The van der Waals surface area contributed by atoms with E-state index >= 15 is 0 Å². The van der Waals surface area contributed by atoms with E-state index in [1.54, 1.807) is 24.3 Å². The van der Waals surface area contributed by atoms with Gasteiger partial charge in [-0.25, -0.2) is 0 Å². The van der Waals surface area contributed by atoms with Gasteiger partial charge in [-0.3, -0.25) is 9.59 Å². The van der Waals surface area contributed by atoms with Crippen LogP contribution in [-0.4, -0.2) is 25.0 Å². The lowest BCUT2D eigenvalue weighted by molar-refractivity contribution is -0.137. The highest BCUT2D eigenvalue weighted by Crippen LogP contribution is 2.37. The molecule has 2 amide bonds. The second-order valence-corrected chi connectivity index (χ2v) is 7.42. The fraction of sp³-hybridized carbons (Fsp3) is 0.300. The zero-order valence-corrected chi connectivity index (χ0v) is 17.0. The zero-order valence-electron chi connectivity index (χ0n) is 15.4. The molecule has 5 nitrogen and oxygen atoms in total. The average Bonchev–Trinajstić information content (AvgIpc) is 3.05. The topological polar surface area (TPSA) is 58.6 Å². The van der Waals surface area contributed by atoms with Crippen LogP contribution in [-0.2, 0) is 15.8 Å². The van der Waals surface area contributed by atoms with E-state index in [-0.39, 0.29) is 29.0 Å². The quantitative estimate of drug-likeness (QED) is 0.678. The van der Waals surface area contributed by atoms with Gasteiger partial charge in [0.25, 0.3) is 0 Å². The molecule has 29 heavy (non-hydrogen) atoms. The first-order chi connectivity index (χ1) is 13.7. The number of nitrogens with zero attached hydrogens (tertiary/aromatic N) is 1. The van der Waals surface area contributed by atoms with Crippen molar-refractivity contribution >= 4 is 39.1 Å². The van der Waals surface area contributed by atoms with Crippen molar-refractivity contribution in [3.63, 3.8) is 0 Å². The van der Waals surface area contributed by atoms with Crippen molar-refractivity contribution in [2.45, 2.75) is 19.5 Å². The van der Waals surface area contributed by atoms with E-state index in [9.17, 15) is 22.8 Å². The van der Waals surface area contributed by atoms with Gasteiger partial charge in [-0.05, 0) is 49.4 Å². The van der Waals surface area contributed by atoms with E-state index in [4.69, 9.17) is 4.74 Å². The monoisotopic (exact) mass is 470 g/mol. The molecule has 0 bridgehead atoms. The fourth-order valence-electron chi connectivity index (χ4n) is 3.12. The molecule has 1 fully saturated rings. The number of hydrogen-bond acceptors (Lipinski definition) is 3. The maximum Gasteiger partial charge on any atom is 0.418 e. The van der Waals surface area contributed by atoms with E-state index in [0.29, 0.717) is 18.0 Å². The van der Waals surface area contributed by atoms with Gasteiger partial charge in [0.1, 0.15) is 5.75 Å². The summed E-state index contributed by atoms with van der Waals surface area (Å²) in [5.41, 5.74) is -0.682. The Kier molecular flexibility index (Phi) is 6.16. The normalized spacial score (nSPS) is 16.8. The zero-order chi connectivity index (χ0) is 21.2. The van der Waals surface area contributed by atoms with Crippen molar-refractivity contribution in [2.75, 3.05) is 23.4 Å². The van der Waals surface area contributed by atoms with Crippen LogP contribution in [0.3, 0.4) is 0 Å². The summed E-state index contributed by atoms with van der Waals surface area (Å²) in [5.74, 6) is -0.980. The molecule has 9 heteroatoms. The maximum atomic E-state index is 13.2. The number of halogens is 4. The van der Waals surface area contributed by atoms with Crippen molar-refractivity contribution in [3.05, 3.63) is 52.5 Å². The fourth-order valence-corrected chi connectivity index (χ4v) is 3.48. The van der Waals surface area contributed by atoms with Gasteiger partial charge in [0.2, 0.25) is 11.8 Å². The van der Waals surface area contributed by atoms with Crippen molar-refractivity contribution in [3.8, 4) is 5.75 Å². The molecule has 2 aromatic carbocycles. The summed E-state index contributed by atoms with van der Waals surface area (Å²) in [4.78, 5) is 26.4. The Morgan fingerprint density at radius 3 is 2.55 bits per heavy atom. The van der Waals surface area contributed by atoms with Crippen LogP contribution in [0.2, 0.25) is 0 Å². The third kappa shape index (κ3) is 4.90. The molecule has 1 aliphatic heterocycles. The van der Waals surface area contributed by atoms with Crippen molar-refractivity contribution in [1.82, 2.24) is 0 Å². The summed E-state index contributed by atoms with van der Waals surface area (Å²) in [6, 6.07) is 10.4. The van der Waals surface area contributed by atoms with Gasteiger partial charge < -0.3 is 15.0 Å². The van der Waals surface area contributed by atoms with Gasteiger partial charge in [-0.15, -0.1) is 0 Å².